The Morgan fingerprint density at radius 1 is 1.00 bits per heavy atom. The summed E-state index contributed by atoms with van der Waals surface area (Å²) in [7, 11) is 0. The van der Waals surface area contributed by atoms with Crippen LogP contribution in [0.3, 0.4) is 0 Å². The van der Waals surface area contributed by atoms with Gasteiger partial charge in [-0.25, -0.2) is 0 Å². The molecule has 0 unspecified atom stereocenters. The molecule has 0 aliphatic heterocycles. The van der Waals surface area contributed by atoms with E-state index in [0.717, 1.165) is 22.9 Å². The fourth-order valence-electron chi connectivity index (χ4n) is 2.46. The molecule has 1 N–H and O–H groups in total. The van der Waals surface area contributed by atoms with E-state index in [4.69, 9.17) is 4.74 Å². The van der Waals surface area contributed by atoms with Gasteiger partial charge in [-0.05, 0) is 23.6 Å². The van der Waals surface area contributed by atoms with Crippen LogP contribution in [-0.4, -0.2) is 29.3 Å². The minimum atomic E-state index is -0.296. The predicted octanol–water partition coefficient (Wildman–Crippen LogP) is 3.99. The van der Waals surface area contributed by atoms with Gasteiger partial charge in [0.05, 0.1) is 0 Å². The number of hydrogen-bond acceptors (Lipinski definition) is 5. The third-order valence-electron chi connectivity index (χ3n) is 3.95. The molecule has 2 aromatic rings. The van der Waals surface area contributed by atoms with Crippen molar-refractivity contribution in [2.24, 2.45) is 0 Å². The first kappa shape index (κ1) is 22.4. The van der Waals surface area contributed by atoms with Crippen LogP contribution in [0, 0.1) is 0 Å². The number of benzene rings is 2. The minimum absolute atomic E-state index is 0.0436. The molecular formula is C23H25NO4S. The number of esters is 1. The molecule has 0 saturated carbocycles. The summed E-state index contributed by atoms with van der Waals surface area (Å²) in [6.07, 6.45) is 2.49. The van der Waals surface area contributed by atoms with Gasteiger partial charge < -0.3 is 10.1 Å². The highest BCUT2D eigenvalue weighted by Gasteiger charge is 2.11. The predicted molar refractivity (Wildman–Crippen MR) is 116 cm³/mol. The monoisotopic (exact) mass is 411 g/mol. The molecule has 0 aromatic heterocycles. The van der Waals surface area contributed by atoms with Gasteiger partial charge in [0.15, 0.2) is 5.12 Å². The SMILES string of the molecule is CC(=O)SCC(=Cc1ccccc1)C(=O)NCCCC(=O)OCc1ccccc1. The summed E-state index contributed by atoms with van der Waals surface area (Å²) in [5, 5.41) is 2.77. The second-order valence-corrected chi connectivity index (χ2v) is 7.52. The van der Waals surface area contributed by atoms with Gasteiger partial charge in [-0.3, -0.25) is 14.4 Å². The normalized spacial score (nSPS) is 11.0. The van der Waals surface area contributed by atoms with Gasteiger partial charge in [0.2, 0.25) is 5.91 Å². The van der Waals surface area contributed by atoms with Crippen molar-refractivity contribution in [3.05, 3.63) is 77.4 Å². The number of nitrogens with one attached hydrogen (secondary N) is 1. The first-order valence-corrected chi connectivity index (χ1v) is 10.4. The van der Waals surface area contributed by atoms with Crippen LogP contribution < -0.4 is 5.32 Å². The molecule has 0 radical (unpaired) electrons. The number of carbonyl (C=O) groups excluding carboxylic acids is 3. The van der Waals surface area contributed by atoms with Crippen molar-refractivity contribution in [2.75, 3.05) is 12.3 Å². The van der Waals surface area contributed by atoms with E-state index in [2.05, 4.69) is 5.32 Å². The molecular weight excluding hydrogens is 386 g/mol. The van der Waals surface area contributed by atoms with Crippen molar-refractivity contribution in [2.45, 2.75) is 26.4 Å². The number of carbonyl (C=O) groups is 3. The van der Waals surface area contributed by atoms with Crippen LogP contribution in [0.1, 0.15) is 30.9 Å². The molecule has 0 aliphatic rings. The van der Waals surface area contributed by atoms with E-state index in [-0.39, 0.29) is 30.0 Å². The van der Waals surface area contributed by atoms with Crippen LogP contribution in [0.2, 0.25) is 0 Å². The van der Waals surface area contributed by atoms with Crippen molar-refractivity contribution in [3.8, 4) is 0 Å². The lowest BCUT2D eigenvalue weighted by Gasteiger charge is -2.09. The zero-order chi connectivity index (χ0) is 20.9. The number of rotatable bonds is 10. The lowest BCUT2D eigenvalue weighted by Crippen LogP contribution is -2.27. The van der Waals surface area contributed by atoms with E-state index >= 15 is 0 Å². The zero-order valence-corrected chi connectivity index (χ0v) is 17.2. The number of ether oxygens (including phenoxy) is 1. The van der Waals surface area contributed by atoms with E-state index in [0.29, 0.717) is 24.3 Å². The molecule has 0 aliphatic carbocycles. The first-order valence-electron chi connectivity index (χ1n) is 9.41. The van der Waals surface area contributed by atoms with E-state index in [1.807, 2.05) is 60.7 Å². The van der Waals surface area contributed by atoms with Gasteiger partial charge in [-0.1, -0.05) is 72.4 Å². The molecule has 1 amide bonds. The molecule has 2 rings (SSSR count). The number of amides is 1. The standard InChI is InChI=1S/C23H25NO4S/c1-18(25)29-17-21(15-19-9-4-2-5-10-19)23(27)24-14-8-13-22(26)28-16-20-11-6-3-7-12-20/h2-7,9-12,15H,8,13-14,16-17H2,1H3,(H,24,27). The average Bonchev–Trinajstić information content (AvgIpc) is 2.74. The molecule has 0 spiro atoms. The average molecular weight is 412 g/mol. The molecule has 152 valence electrons. The third-order valence-corrected chi connectivity index (χ3v) is 4.81. The Labute approximate surface area is 175 Å². The van der Waals surface area contributed by atoms with Gasteiger partial charge in [0.1, 0.15) is 6.61 Å². The van der Waals surface area contributed by atoms with Crippen LogP contribution in [0.25, 0.3) is 6.08 Å². The Balaban J connectivity index is 1.77. The topological polar surface area (TPSA) is 72.5 Å². The summed E-state index contributed by atoms with van der Waals surface area (Å²) < 4.78 is 5.22. The quantitative estimate of drug-likeness (QED) is 0.364. The first-order chi connectivity index (χ1) is 14.0. The Kier molecular flexibility index (Phi) is 9.72. The molecule has 5 nitrogen and oxygen atoms in total. The summed E-state index contributed by atoms with van der Waals surface area (Å²) in [5.74, 6) is -0.231. The fourth-order valence-corrected chi connectivity index (χ4v) is 3.03. The van der Waals surface area contributed by atoms with E-state index in [1.165, 1.54) is 6.92 Å². The largest absolute Gasteiger partial charge is 0.461 e. The molecule has 6 heteroatoms. The summed E-state index contributed by atoms with van der Waals surface area (Å²) in [5.41, 5.74) is 2.35. The fraction of sp³-hybridized carbons (Fsp3) is 0.261. The number of hydrogen-bond donors (Lipinski definition) is 1. The third kappa shape index (κ3) is 9.25. The number of thioether (sulfide) groups is 1. The van der Waals surface area contributed by atoms with Crippen LogP contribution in [0.4, 0.5) is 0 Å². The molecule has 29 heavy (non-hydrogen) atoms. The summed E-state index contributed by atoms with van der Waals surface area (Å²) in [6, 6.07) is 19.0. The lowest BCUT2D eigenvalue weighted by molar-refractivity contribution is -0.145. The maximum absolute atomic E-state index is 12.5. The van der Waals surface area contributed by atoms with Crippen LogP contribution in [0.15, 0.2) is 66.2 Å². The van der Waals surface area contributed by atoms with E-state index in [9.17, 15) is 14.4 Å². The van der Waals surface area contributed by atoms with Crippen LogP contribution >= 0.6 is 11.8 Å². The highest BCUT2D eigenvalue weighted by atomic mass is 32.2. The smallest absolute Gasteiger partial charge is 0.306 e. The molecule has 0 saturated heterocycles. The summed E-state index contributed by atoms with van der Waals surface area (Å²) in [4.78, 5) is 35.6. The molecule has 0 fully saturated rings. The molecule has 0 heterocycles. The molecule has 0 atom stereocenters. The Morgan fingerprint density at radius 2 is 1.66 bits per heavy atom. The zero-order valence-electron chi connectivity index (χ0n) is 16.4. The molecule has 0 bridgehead atoms. The Hall–Kier alpha value is -2.86. The highest BCUT2D eigenvalue weighted by Crippen LogP contribution is 2.14. The maximum Gasteiger partial charge on any atom is 0.306 e. The van der Waals surface area contributed by atoms with Crippen LogP contribution in [-0.2, 0) is 25.7 Å². The highest BCUT2D eigenvalue weighted by molar-refractivity contribution is 8.13. The van der Waals surface area contributed by atoms with Crippen molar-refractivity contribution in [1.29, 1.82) is 0 Å². The van der Waals surface area contributed by atoms with E-state index in [1.54, 1.807) is 6.08 Å². The van der Waals surface area contributed by atoms with Gasteiger partial charge in [0.25, 0.3) is 0 Å². The van der Waals surface area contributed by atoms with Crippen molar-refractivity contribution >= 4 is 34.8 Å². The lowest BCUT2D eigenvalue weighted by atomic mass is 10.1. The Bertz CT molecular complexity index is 834. The second kappa shape index (κ2) is 12.6. The second-order valence-electron chi connectivity index (χ2n) is 6.37. The molecule has 2 aromatic carbocycles. The van der Waals surface area contributed by atoms with Gasteiger partial charge in [0, 0.05) is 31.2 Å². The maximum atomic E-state index is 12.5. The van der Waals surface area contributed by atoms with Gasteiger partial charge in [-0.2, -0.15) is 0 Å². The minimum Gasteiger partial charge on any atom is -0.461 e. The van der Waals surface area contributed by atoms with E-state index < -0.39 is 0 Å². The summed E-state index contributed by atoms with van der Waals surface area (Å²) >= 11 is 1.09. The Morgan fingerprint density at radius 3 is 2.31 bits per heavy atom. The van der Waals surface area contributed by atoms with Crippen molar-refractivity contribution in [1.82, 2.24) is 5.32 Å². The van der Waals surface area contributed by atoms with Gasteiger partial charge in [-0.15, -0.1) is 0 Å². The van der Waals surface area contributed by atoms with Crippen LogP contribution in [0.5, 0.6) is 0 Å². The van der Waals surface area contributed by atoms with Gasteiger partial charge >= 0.3 is 5.97 Å². The van der Waals surface area contributed by atoms with Crippen molar-refractivity contribution in [3.63, 3.8) is 0 Å². The summed E-state index contributed by atoms with van der Waals surface area (Å²) in [6.45, 7) is 2.08. The van der Waals surface area contributed by atoms with Crippen molar-refractivity contribution < 1.29 is 19.1 Å².